The van der Waals surface area contributed by atoms with Gasteiger partial charge in [-0.15, -0.1) is 0 Å². The summed E-state index contributed by atoms with van der Waals surface area (Å²) in [6.07, 6.45) is 4.24. The number of sulfonamides is 1. The molecule has 0 aliphatic rings. The first-order chi connectivity index (χ1) is 12.4. The fourth-order valence-corrected chi connectivity index (χ4v) is 3.22. The Labute approximate surface area is 154 Å². The minimum atomic E-state index is -3.54. The number of nitrogens with zero attached hydrogens (tertiary/aromatic N) is 1. The Hall–Kier alpha value is -2.45. The molecule has 0 saturated carbocycles. The van der Waals surface area contributed by atoms with Crippen molar-refractivity contribution in [2.75, 3.05) is 11.9 Å². The Morgan fingerprint density at radius 1 is 1.19 bits per heavy atom. The number of urea groups is 1. The second-order valence-corrected chi connectivity index (χ2v) is 7.83. The zero-order valence-corrected chi connectivity index (χ0v) is 15.7. The Morgan fingerprint density at radius 3 is 2.54 bits per heavy atom. The number of rotatable bonds is 8. The smallest absolute Gasteiger partial charge is 0.319 e. The molecule has 3 N–H and O–H groups in total. The second kappa shape index (κ2) is 9.30. The van der Waals surface area contributed by atoms with Crippen LogP contribution < -0.4 is 15.4 Å². The van der Waals surface area contributed by atoms with Crippen LogP contribution in [-0.2, 0) is 16.6 Å². The molecule has 0 aliphatic carbocycles. The largest absolute Gasteiger partial charge is 0.334 e. The SMILES string of the molecule is CCC(C)CNS(=O)(=O)c1ccc(NC(=O)NCc2cccnc2)cc1. The third kappa shape index (κ3) is 6.12. The molecule has 140 valence electrons. The zero-order chi connectivity index (χ0) is 19.0. The van der Waals surface area contributed by atoms with Crippen molar-refractivity contribution >= 4 is 21.7 Å². The summed E-state index contributed by atoms with van der Waals surface area (Å²) in [5.74, 6) is 0.272. The second-order valence-electron chi connectivity index (χ2n) is 6.06. The van der Waals surface area contributed by atoms with Gasteiger partial charge in [-0.1, -0.05) is 26.3 Å². The molecule has 7 nitrogen and oxygen atoms in total. The minimum absolute atomic E-state index is 0.169. The Kier molecular flexibility index (Phi) is 7.11. The van der Waals surface area contributed by atoms with Crippen LogP contribution in [-0.4, -0.2) is 26.0 Å². The average Bonchev–Trinajstić information content (AvgIpc) is 2.66. The molecule has 1 aromatic heterocycles. The summed E-state index contributed by atoms with van der Waals surface area (Å²) in [7, 11) is -3.54. The molecular formula is C18H24N4O3S. The summed E-state index contributed by atoms with van der Waals surface area (Å²) in [4.78, 5) is 16.0. The summed E-state index contributed by atoms with van der Waals surface area (Å²) in [5.41, 5.74) is 1.39. The maximum Gasteiger partial charge on any atom is 0.319 e. The molecule has 2 amide bonds. The summed E-state index contributed by atoms with van der Waals surface area (Å²) < 4.78 is 27.0. The number of hydrogen-bond donors (Lipinski definition) is 3. The highest BCUT2D eigenvalue weighted by Gasteiger charge is 2.14. The van der Waals surface area contributed by atoms with Crippen LogP contribution in [0.2, 0.25) is 0 Å². The minimum Gasteiger partial charge on any atom is -0.334 e. The lowest BCUT2D eigenvalue weighted by molar-refractivity contribution is 0.251. The maximum atomic E-state index is 12.2. The van der Waals surface area contributed by atoms with E-state index in [1.54, 1.807) is 30.6 Å². The number of nitrogens with one attached hydrogen (secondary N) is 3. The molecule has 0 saturated heterocycles. The van der Waals surface area contributed by atoms with E-state index in [1.807, 2.05) is 19.9 Å². The standard InChI is InChI=1S/C18H24N4O3S/c1-3-14(2)11-21-26(24,25)17-8-6-16(7-9-17)22-18(23)20-13-15-5-4-10-19-12-15/h4-10,12,14,21H,3,11,13H2,1-2H3,(H2,20,22,23). The van der Waals surface area contributed by atoms with E-state index in [0.717, 1.165) is 12.0 Å². The van der Waals surface area contributed by atoms with Crippen LogP contribution in [0.15, 0.2) is 53.7 Å². The van der Waals surface area contributed by atoms with Gasteiger partial charge in [0.25, 0.3) is 0 Å². The first-order valence-corrected chi connectivity index (χ1v) is 9.92. The highest BCUT2D eigenvalue weighted by atomic mass is 32.2. The van der Waals surface area contributed by atoms with E-state index < -0.39 is 10.0 Å². The number of anilines is 1. The van der Waals surface area contributed by atoms with Crippen LogP contribution in [0.5, 0.6) is 0 Å². The third-order valence-corrected chi connectivity index (χ3v) is 5.36. The zero-order valence-electron chi connectivity index (χ0n) is 14.9. The Morgan fingerprint density at radius 2 is 1.92 bits per heavy atom. The molecule has 0 aliphatic heterocycles. The molecular weight excluding hydrogens is 352 g/mol. The number of carbonyl (C=O) groups excluding carboxylic acids is 1. The van der Waals surface area contributed by atoms with Crippen molar-refractivity contribution in [3.8, 4) is 0 Å². The molecule has 26 heavy (non-hydrogen) atoms. The number of pyridine rings is 1. The van der Waals surface area contributed by atoms with Gasteiger partial charge in [-0.05, 0) is 41.8 Å². The number of aromatic nitrogens is 1. The first kappa shape index (κ1) is 19.9. The van der Waals surface area contributed by atoms with Crippen LogP contribution in [0.4, 0.5) is 10.5 Å². The summed E-state index contributed by atoms with van der Waals surface area (Å²) in [5, 5.41) is 5.38. The van der Waals surface area contributed by atoms with Crippen molar-refractivity contribution in [1.82, 2.24) is 15.0 Å². The number of hydrogen-bond acceptors (Lipinski definition) is 4. The lowest BCUT2D eigenvalue weighted by Crippen LogP contribution is -2.29. The Bertz CT molecular complexity index is 808. The van der Waals surface area contributed by atoms with E-state index in [4.69, 9.17) is 0 Å². The first-order valence-electron chi connectivity index (χ1n) is 8.44. The van der Waals surface area contributed by atoms with E-state index in [0.29, 0.717) is 18.8 Å². The fraction of sp³-hybridized carbons (Fsp3) is 0.333. The van der Waals surface area contributed by atoms with Crippen molar-refractivity contribution in [2.24, 2.45) is 5.92 Å². The fourth-order valence-electron chi connectivity index (χ4n) is 2.06. The quantitative estimate of drug-likeness (QED) is 0.659. The van der Waals surface area contributed by atoms with Gasteiger partial charge in [0.1, 0.15) is 0 Å². The van der Waals surface area contributed by atoms with E-state index >= 15 is 0 Å². The van der Waals surface area contributed by atoms with E-state index in [9.17, 15) is 13.2 Å². The third-order valence-electron chi connectivity index (χ3n) is 3.92. The predicted octanol–water partition coefficient (Wildman–Crippen LogP) is 2.73. The van der Waals surface area contributed by atoms with Crippen molar-refractivity contribution in [3.05, 3.63) is 54.4 Å². The lowest BCUT2D eigenvalue weighted by atomic mass is 10.1. The van der Waals surface area contributed by atoms with Crippen LogP contribution in [0, 0.1) is 5.92 Å². The van der Waals surface area contributed by atoms with Crippen molar-refractivity contribution in [3.63, 3.8) is 0 Å². The number of carbonyl (C=O) groups is 1. The number of benzene rings is 1. The summed E-state index contributed by atoms with van der Waals surface area (Å²) in [6.45, 7) is 4.75. The lowest BCUT2D eigenvalue weighted by Gasteiger charge is -2.12. The van der Waals surface area contributed by atoms with Gasteiger partial charge in [0.05, 0.1) is 4.90 Å². The maximum absolute atomic E-state index is 12.2. The number of amides is 2. The van der Waals surface area contributed by atoms with Crippen molar-refractivity contribution in [1.29, 1.82) is 0 Å². The Balaban J connectivity index is 1.89. The topological polar surface area (TPSA) is 100 Å². The van der Waals surface area contributed by atoms with Crippen molar-refractivity contribution < 1.29 is 13.2 Å². The van der Waals surface area contributed by atoms with Gasteiger partial charge < -0.3 is 10.6 Å². The molecule has 2 aromatic rings. The molecule has 1 atom stereocenters. The molecule has 0 fully saturated rings. The molecule has 1 unspecified atom stereocenters. The molecule has 8 heteroatoms. The molecule has 1 heterocycles. The van der Waals surface area contributed by atoms with Gasteiger partial charge in [-0.2, -0.15) is 0 Å². The van der Waals surface area contributed by atoms with Gasteiger partial charge in [0, 0.05) is 31.2 Å². The molecule has 1 aromatic carbocycles. The highest BCUT2D eigenvalue weighted by molar-refractivity contribution is 7.89. The van der Waals surface area contributed by atoms with Crippen LogP contribution in [0.1, 0.15) is 25.8 Å². The van der Waals surface area contributed by atoms with Gasteiger partial charge in [0.15, 0.2) is 0 Å². The van der Waals surface area contributed by atoms with Gasteiger partial charge in [0.2, 0.25) is 10.0 Å². The van der Waals surface area contributed by atoms with Gasteiger partial charge >= 0.3 is 6.03 Å². The molecule has 0 bridgehead atoms. The van der Waals surface area contributed by atoms with Gasteiger partial charge in [-0.3, -0.25) is 4.98 Å². The average molecular weight is 376 g/mol. The monoisotopic (exact) mass is 376 g/mol. The van der Waals surface area contributed by atoms with E-state index in [2.05, 4.69) is 20.3 Å². The van der Waals surface area contributed by atoms with E-state index in [-0.39, 0.29) is 16.8 Å². The normalized spacial score (nSPS) is 12.4. The molecule has 0 spiro atoms. The van der Waals surface area contributed by atoms with Gasteiger partial charge in [-0.25, -0.2) is 17.9 Å². The highest BCUT2D eigenvalue weighted by Crippen LogP contribution is 2.14. The molecule has 0 radical (unpaired) electrons. The van der Waals surface area contributed by atoms with Crippen LogP contribution in [0.25, 0.3) is 0 Å². The predicted molar refractivity (Wildman–Crippen MR) is 101 cm³/mol. The molecule has 2 rings (SSSR count). The summed E-state index contributed by atoms with van der Waals surface area (Å²) >= 11 is 0. The summed E-state index contributed by atoms with van der Waals surface area (Å²) in [6, 6.07) is 9.33. The van der Waals surface area contributed by atoms with Crippen molar-refractivity contribution in [2.45, 2.75) is 31.7 Å². The van der Waals surface area contributed by atoms with E-state index in [1.165, 1.54) is 12.1 Å². The van der Waals surface area contributed by atoms with Crippen LogP contribution >= 0.6 is 0 Å². The van der Waals surface area contributed by atoms with Crippen LogP contribution in [0.3, 0.4) is 0 Å².